The van der Waals surface area contributed by atoms with Gasteiger partial charge in [0.05, 0.1) is 5.69 Å². The Balaban J connectivity index is 0.000000541. The molecule has 0 amide bonds. The fraction of sp³-hybridized carbons (Fsp3) is 0.167. The van der Waals surface area contributed by atoms with Crippen LogP contribution in [0, 0.1) is 0 Å². The summed E-state index contributed by atoms with van der Waals surface area (Å²) in [6.07, 6.45) is 0. The van der Waals surface area contributed by atoms with E-state index in [0.717, 1.165) is 5.39 Å². The van der Waals surface area contributed by atoms with Crippen LogP contribution in [0.1, 0.15) is 0 Å². The zero-order valence-corrected chi connectivity index (χ0v) is 12.6. The number of benzene rings is 2. The molecule has 0 aromatic heterocycles. The fourth-order valence-corrected chi connectivity index (χ4v) is 1.78. The normalized spacial score (nSPS) is 10.8. The van der Waals surface area contributed by atoms with Crippen LogP contribution in [0.4, 0.5) is 17.1 Å². The topological polar surface area (TPSA) is 147 Å². The molecule has 2 aromatic carbocycles. The van der Waals surface area contributed by atoms with Gasteiger partial charge in [0.2, 0.25) is 0 Å². The fourth-order valence-electron chi connectivity index (χ4n) is 1.78. The SMILES string of the molecule is CN=Nc1ccc2c(N=NC)c(N)ccc2c1O.O=S(=O)=O. The van der Waals surface area contributed by atoms with Crippen molar-refractivity contribution in [2.24, 2.45) is 20.5 Å². The minimum Gasteiger partial charge on any atom is -0.505 e. The van der Waals surface area contributed by atoms with Crippen LogP contribution < -0.4 is 5.73 Å². The van der Waals surface area contributed by atoms with Gasteiger partial charge in [-0.2, -0.15) is 20.5 Å². The Morgan fingerprint density at radius 1 is 0.955 bits per heavy atom. The first-order valence-corrected chi connectivity index (χ1v) is 6.83. The molecule has 0 fully saturated rings. The molecule has 0 radical (unpaired) electrons. The maximum Gasteiger partial charge on any atom is 0.425 e. The Morgan fingerprint density at radius 3 is 2.05 bits per heavy atom. The molecule has 0 aliphatic carbocycles. The van der Waals surface area contributed by atoms with Crippen LogP contribution in [-0.2, 0) is 10.6 Å². The molecule has 0 spiro atoms. The molecule has 2 aromatic rings. The molecule has 3 N–H and O–H groups in total. The van der Waals surface area contributed by atoms with Crippen LogP contribution in [0.5, 0.6) is 5.75 Å². The van der Waals surface area contributed by atoms with Crippen LogP contribution >= 0.6 is 0 Å². The van der Waals surface area contributed by atoms with E-state index in [1.807, 2.05) is 0 Å². The second-order valence-electron chi connectivity index (χ2n) is 3.84. The molecule has 0 aliphatic heterocycles. The van der Waals surface area contributed by atoms with Crippen molar-refractivity contribution >= 4 is 38.4 Å². The summed E-state index contributed by atoms with van der Waals surface area (Å²) in [5, 5.41) is 26.7. The Kier molecular flexibility index (Phi) is 6.08. The van der Waals surface area contributed by atoms with Gasteiger partial charge in [0.15, 0.2) is 5.75 Å². The predicted octanol–water partition coefficient (Wildman–Crippen LogP) is 2.55. The lowest BCUT2D eigenvalue weighted by molar-refractivity contribution is 0.482. The van der Waals surface area contributed by atoms with Crippen LogP contribution in [-0.4, -0.2) is 31.8 Å². The smallest absolute Gasteiger partial charge is 0.425 e. The molecular weight excluding hydrogens is 310 g/mol. The van der Waals surface area contributed by atoms with E-state index in [4.69, 9.17) is 18.4 Å². The number of nitrogen functional groups attached to an aromatic ring is 1. The average Bonchev–Trinajstić information content (AvgIpc) is 2.44. The van der Waals surface area contributed by atoms with Crippen molar-refractivity contribution in [1.29, 1.82) is 0 Å². The molecule has 10 heteroatoms. The monoisotopic (exact) mass is 323 g/mol. The van der Waals surface area contributed by atoms with Gasteiger partial charge in [-0.05, 0) is 24.3 Å². The van der Waals surface area contributed by atoms with E-state index in [-0.39, 0.29) is 5.75 Å². The molecule has 2 rings (SSSR count). The first kappa shape index (κ1) is 17.2. The van der Waals surface area contributed by atoms with Crippen LogP contribution in [0.25, 0.3) is 10.8 Å². The zero-order valence-electron chi connectivity index (χ0n) is 11.8. The molecule has 0 unspecified atom stereocenters. The number of hydrogen-bond donors (Lipinski definition) is 2. The molecule has 9 nitrogen and oxygen atoms in total. The van der Waals surface area contributed by atoms with Gasteiger partial charge in [0.25, 0.3) is 0 Å². The largest absolute Gasteiger partial charge is 0.505 e. The lowest BCUT2D eigenvalue weighted by Crippen LogP contribution is -1.86. The summed E-state index contributed by atoms with van der Waals surface area (Å²) in [7, 11) is 0.00113. The first-order chi connectivity index (χ1) is 10.4. The summed E-state index contributed by atoms with van der Waals surface area (Å²) in [5.74, 6) is 0.0608. The maximum atomic E-state index is 10.1. The molecule has 0 atom stereocenters. The Morgan fingerprint density at radius 2 is 1.50 bits per heavy atom. The van der Waals surface area contributed by atoms with Crippen molar-refractivity contribution in [3.05, 3.63) is 24.3 Å². The number of fused-ring (bicyclic) bond motifs is 1. The van der Waals surface area contributed by atoms with Crippen LogP contribution in [0.2, 0.25) is 0 Å². The number of hydrogen-bond acceptors (Lipinski definition) is 9. The standard InChI is InChI=1S/C12H13N5O.O3S/c1-14-16-10-6-4-7-8(12(10)18)3-5-9(13)11(7)17-15-2;1-4(2)3/h3-6,18H,13H2,1-2H3;. The molecule has 0 saturated heterocycles. The number of nitrogens with two attached hydrogens (primary N) is 1. The zero-order chi connectivity index (χ0) is 16.7. The van der Waals surface area contributed by atoms with E-state index in [0.29, 0.717) is 22.4 Å². The number of anilines is 1. The Labute approximate surface area is 127 Å². The van der Waals surface area contributed by atoms with Gasteiger partial charge in [-0.3, -0.25) is 0 Å². The van der Waals surface area contributed by atoms with E-state index >= 15 is 0 Å². The van der Waals surface area contributed by atoms with Gasteiger partial charge in [-0.15, -0.1) is 12.6 Å². The number of rotatable bonds is 2. The number of azo groups is 2. The highest BCUT2D eigenvalue weighted by molar-refractivity contribution is 7.59. The van der Waals surface area contributed by atoms with Crippen molar-refractivity contribution in [1.82, 2.24) is 0 Å². The lowest BCUT2D eigenvalue weighted by Gasteiger charge is -2.07. The summed E-state index contributed by atoms with van der Waals surface area (Å²) in [4.78, 5) is 0. The predicted molar refractivity (Wildman–Crippen MR) is 80.6 cm³/mol. The maximum absolute atomic E-state index is 10.1. The number of aromatic hydroxyl groups is 1. The molecular formula is C12H13N5O4S. The highest BCUT2D eigenvalue weighted by Crippen LogP contribution is 2.41. The second-order valence-corrected chi connectivity index (χ2v) is 4.24. The van der Waals surface area contributed by atoms with E-state index < -0.39 is 10.6 Å². The quantitative estimate of drug-likeness (QED) is 0.643. The van der Waals surface area contributed by atoms with E-state index in [1.54, 1.807) is 38.4 Å². The van der Waals surface area contributed by atoms with Crippen molar-refractivity contribution in [3.63, 3.8) is 0 Å². The Hall–Kier alpha value is -2.88. The summed E-state index contributed by atoms with van der Waals surface area (Å²) in [6.45, 7) is 0. The highest BCUT2D eigenvalue weighted by atomic mass is 32.2. The third-order valence-electron chi connectivity index (χ3n) is 2.56. The highest BCUT2D eigenvalue weighted by Gasteiger charge is 2.11. The summed E-state index contributed by atoms with van der Waals surface area (Å²) >= 11 is 0. The minimum atomic E-state index is -3.11. The van der Waals surface area contributed by atoms with Crippen molar-refractivity contribution < 1.29 is 17.7 Å². The van der Waals surface area contributed by atoms with Gasteiger partial charge in [0, 0.05) is 24.9 Å². The lowest BCUT2D eigenvalue weighted by atomic mass is 10.1. The Bertz CT molecular complexity index is 840. The molecule has 116 valence electrons. The van der Waals surface area contributed by atoms with Crippen molar-refractivity contribution in [2.45, 2.75) is 0 Å². The van der Waals surface area contributed by atoms with Gasteiger partial charge in [-0.1, -0.05) is 0 Å². The van der Waals surface area contributed by atoms with E-state index in [1.165, 1.54) is 0 Å². The van der Waals surface area contributed by atoms with Crippen LogP contribution in [0.3, 0.4) is 0 Å². The van der Waals surface area contributed by atoms with E-state index in [2.05, 4.69) is 20.5 Å². The molecule has 0 saturated carbocycles. The molecule has 0 heterocycles. The minimum absolute atomic E-state index is 0.0608. The van der Waals surface area contributed by atoms with Gasteiger partial charge >= 0.3 is 10.6 Å². The molecule has 0 bridgehead atoms. The van der Waals surface area contributed by atoms with Crippen LogP contribution in [0.15, 0.2) is 44.7 Å². The number of phenolic OH excluding ortho intramolecular Hbond substituents is 1. The van der Waals surface area contributed by atoms with E-state index in [9.17, 15) is 5.11 Å². The summed E-state index contributed by atoms with van der Waals surface area (Å²) in [6, 6.07) is 6.86. The first-order valence-electron chi connectivity index (χ1n) is 5.83. The number of phenols is 1. The average molecular weight is 323 g/mol. The third-order valence-corrected chi connectivity index (χ3v) is 2.56. The van der Waals surface area contributed by atoms with Gasteiger partial charge in [0.1, 0.15) is 11.4 Å². The van der Waals surface area contributed by atoms with Gasteiger partial charge in [-0.25, -0.2) is 0 Å². The summed E-state index contributed by atoms with van der Waals surface area (Å²) in [5.41, 5.74) is 7.31. The van der Waals surface area contributed by atoms with Crippen molar-refractivity contribution in [3.8, 4) is 5.75 Å². The second kappa shape index (κ2) is 7.78. The third kappa shape index (κ3) is 4.06. The molecule has 0 aliphatic rings. The number of nitrogens with zero attached hydrogens (tertiary/aromatic N) is 4. The summed E-state index contributed by atoms with van der Waals surface area (Å²) < 4.78 is 25.3. The molecule has 22 heavy (non-hydrogen) atoms. The van der Waals surface area contributed by atoms with Crippen molar-refractivity contribution in [2.75, 3.05) is 19.8 Å². The van der Waals surface area contributed by atoms with Gasteiger partial charge < -0.3 is 10.8 Å².